The molecule has 0 unspecified atom stereocenters. The predicted octanol–water partition coefficient (Wildman–Crippen LogP) is 1.10. The Bertz CT molecular complexity index is 600. The number of aromatic nitrogens is 2. The zero-order chi connectivity index (χ0) is 11.7. The maximum Gasteiger partial charge on any atom is 0.447 e. The molecule has 0 radical (unpaired) electrons. The molecule has 1 aromatic carbocycles. The first-order chi connectivity index (χ1) is 7.61. The summed E-state index contributed by atoms with van der Waals surface area (Å²) in [6.45, 7) is 1.44. The molecule has 0 aliphatic rings. The number of halogens is 1. The molecule has 6 heteroatoms. The van der Waals surface area contributed by atoms with Crippen LogP contribution in [-0.4, -0.2) is 11.1 Å². The highest BCUT2D eigenvalue weighted by Gasteiger charge is 2.24. The van der Waals surface area contributed by atoms with E-state index in [-0.39, 0.29) is 10.9 Å². The largest absolute Gasteiger partial charge is 0.447 e. The summed E-state index contributed by atoms with van der Waals surface area (Å²) >= 11 is 5.73. The summed E-state index contributed by atoms with van der Waals surface area (Å²) < 4.78 is 5.75. The second-order valence-corrected chi connectivity index (χ2v) is 3.54. The molecule has 0 aliphatic carbocycles. The fraction of sp³-hybridized carbons (Fsp3) is 0.100. The van der Waals surface area contributed by atoms with Gasteiger partial charge in [0.25, 0.3) is 5.69 Å². The Balaban J connectivity index is 2.69. The number of rotatable bonds is 2. The van der Waals surface area contributed by atoms with Crippen LogP contribution in [0.2, 0.25) is 5.15 Å². The van der Waals surface area contributed by atoms with E-state index in [2.05, 4.69) is 9.79 Å². The molecular weight excluding hydrogens is 232 g/mol. The first kappa shape index (κ1) is 10.6. The highest BCUT2D eigenvalue weighted by Crippen LogP contribution is 2.10. The fourth-order valence-corrected chi connectivity index (χ4v) is 1.55. The molecule has 16 heavy (non-hydrogen) atoms. The van der Waals surface area contributed by atoms with E-state index in [9.17, 15) is 9.59 Å². The molecule has 0 saturated heterocycles. The third kappa shape index (κ3) is 1.65. The fourth-order valence-electron chi connectivity index (χ4n) is 1.38. The summed E-state index contributed by atoms with van der Waals surface area (Å²) in [5.74, 6) is -0.124. The second kappa shape index (κ2) is 3.94. The molecule has 0 amide bonds. The standard InChI is InChI=1S/C10H7ClN2O3/c1-6(14)7-4-2-3-5-8(7)13-9(11)10(15)16-12-13/h2-5H,1H3/p+1. The van der Waals surface area contributed by atoms with Crippen LogP contribution in [0, 0.1) is 0 Å². The SMILES string of the molecule is CC(=O)c1ccccc1-[n+]1[nH]oc(=O)c1Cl. The summed E-state index contributed by atoms with van der Waals surface area (Å²) in [7, 11) is 0. The lowest BCUT2D eigenvalue weighted by atomic mass is 10.1. The van der Waals surface area contributed by atoms with Crippen LogP contribution < -0.4 is 10.3 Å². The van der Waals surface area contributed by atoms with Crippen molar-refractivity contribution in [2.75, 3.05) is 0 Å². The Morgan fingerprint density at radius 3 is 2.69 bits per heavy atom. The van der Waals surface area contributed by atoms with Gasteiger partial charge in [0.15, 0.2) is 5.78 Å². The van der Waals surface area contributed by atoms with Gasteiger partial charge in [-0.2, -0.15) is 0 Å². The van der Waals surface area contributed by atoms with Crippen LogP contribution in [0.4, 0.5) is 0 Å². The maximum absolute atomic E-state index is 11.4. The van der Waals surface area contributed by atoms with Crippen LogP contribution in [0.25, 0.3) is 5.69 Å². The summed E-state index contributed by atoms with van der Waals surface area (Å²) in [6, 6.07) is 6.77. The summed E-state index contributed by atoms with van der Waals surface area (Å²) in [4.78, 5) is 22.4. The Labute approximate surface area is 95.2 Å². The van der Waals surface area contributed by atoms with Crippen LogP contribution in [0.15, 0.2) is 33.6 Å². The van der Waals surface area contributed by atoms with Crippen molar-refractivity contribution >= 4 is 17.4 Å². The van der Waals surface area contributed by atoms with Crippen LogP contribution in [0.5, 0.6) is 0 Å². The number of hydrogen-bond acceptors (Lipinski definition) is 3. The average Bonchev–Trinajstić information content (AvgIpc) is 2.60. The van der Waals surface area contributed by atoms with Gasteiger partial charge in [0.2, 0.25) is 0 Å². The van der Waals surface area contributed by atoms with Gasteiger partial charge in [-0.3, -0.25) is 9.32 Å². The van der Waals surface area contributed by atoms with E-state index in [0.717, 1.165) is 0 Å². The van der Waals surface area contributed by atoms with E-state index in [1.54, 1.807) is 24.3 Å². The van der Waals surface area contributed by atoms with Crippen molar-refractivity contribution < 1.29 is 14.0 Å². The van der Waals surface area contributed by atoms with Crippen molar-refractivity contribution in [1.29, 1.82) is 0 Å². The van der Waals surface area contributed by atoms with Crippen molar-refractivity contribution in [3.8, 4) is 5.69 Å². The molecule has 82 valence electrons. The van der Waals surface area contributed by atoms with E-state index < -0.39 is 5.63 Å². The molecule has 1 N–H and O–H groups in total. The lowest BCUT2D eigenvalue weighted by molar-refractivity contribution is -0.668. The van der Waals surface area contributed by atoms with Crippen molar-refractivity contribution in [3.05, 3.63) is 45.4 Å². The molecule has 0 saturated carbocycles. The molecule has 2 aromatic rings. The number of carbonyl (C=O) groups excluding carboxylic acids is 1. The Morgan fingerprint density at radius 2 is 2.12 bits per heavy atom. The Morgan fingerprint density at radius 1 is 1.44 bits per heavy atom. The zero-order valence-corrected chi connectivity index (χ0v) is 9.12. The Hall–Kier alpha value is -1.88. The van der Waals surface area contributed by atoms with Crippen molar-refractivity contribution in [2.24, 2.45) is 0 Å². The van der Waals surface area contributed by atoms with Crippen molar-refractivity contribution in [2.45, 2.75) is 6.92 Å². The molecule has 1 aromatic heterocycles. The van der Waals surface area contributed by atoms with E-state index in [0.29, 0.717) is 11.3 Å². The maximum atomic E-state index is 11.4. The number of benzene rings is 1. The average molecular weight is 240 g/mol. The molecule has 0 bridgehead atoms. The van der Waals surface area contributed by atoms with Crippen LogP contribution in [0.3, 0.4) is 0 Å². The van der Waals surface area contributed by atoms with Gasteiger partial charge in [0.1, 0.15) is 0 Å². The quantitative estimate of drug-likeness (QED) is 0.630. The highest BCUT2D eigenvalue weighted by atomic mass is 35.5. The molecule has 0 atom stereocenters. The zero-order valence-electron chi connectivity index (χ0n) is 8.36. The Kier molecular flexibility index (Phi) is 2.62. The molecule has 5 nitrogen and oxygen atoms in total. The summed E-state index contributed by atoms with van der Waals surface area (Å²) in [5, 5.41) is 2.20. The third-order valence-electron chi connectivity index (χ3n) is 2.12. The number of carbonyl (C=O) groups is 1. The number of H-pyrrole nitrogens is 1. The number of nitrogens with zero attached hydrogens (tertiary/aromatic N) is 1. The molecule has 0 fully saturated rings. The van der Waals surface area contributed by atoms with E-state index in [1.807, 2.05) is 0 Å². The van der Waals surface area contributed by atoms with E-state index in [1.165, 1.54) is 11.6 Å². The summed E-state index contributed by atoms with van der Waals surface area (Å²) in [5.41, 5.74) is 0.248. The van der Waals surface area contributed by atoms with Crippen molar-refractivity contribution in [3.63, 3.8) is 0 Å². The van der Waals surface area contributed by atoms with E-state index >= 15 is 0 Å². The lowest BCUT2D eigenvalue weighted by Crippen LogP contribution is -2.36. The lowest BCUT2D eigenvalue weighted by Gasteiger charge is -1.96. The molecule has 2 rings (SSSR count). The van der Waals surface area contributed by atoms with E-state index in [4.69, 9.17) is 11.6 Å². The summed E-state index contributed by atoms with van der Waals surface area (Å²) in [6.07, 6.45) is 0. The van der Waals surface area contributed by atoms with Gasteiger partial charge >= 0.3 is 10.8 Å². The first-order valence-electron chi connectivity index (χ1n) is 4.50. The van der Waals surface area contributed by atoms with Crippen LogP contribution in [0.1, 0.15) is 17.3 Å². The minimum absolute atomic E-state index is 0.124. The van der Waals surface area contributed by atoms with Gasteiger partial charge in [0.05, 0.1) is 5.56 Å². The van der Waals surface area contributed by atoms with Gasteiger partial charge in [-0.15, -0.1) is 0 Å². The number of ketones is 1. The molecule has 0 aliphatic heterocycles. The van der Waals surface area contributed by atoms with Gasteiger partial charge in [-0.25, -0.2) is 4.79 Å². The normalized spacial score (nSPS) is 10.4. The first-order valence-corrected chi connectivity index (χ1v) is 4.88. The smallest absolute Gasteiger partial charge is 0.294 e. The van der Waals surface area contributed by atoms with Crippen molar-refractivity contribution in [1.82, 2.24) is 5.27 Å². The molecule has 0 spiro atoms. The van der Waals surface area contributed by atoms with Gasteiger partial charge in [-0.1, -0.05) is 12.1 Å². The monoisotopic (exact) mass is 239 g/mol. The number of hydrogen-bond donors (Lipinski definition) is 1. The number of aromatic amines is 1. The topological polar surface area (TPSA) is 66.9 Å². The number of para-hydroxylation sites is 1. The number of nitrogens with one attached hydrogen (secondary N) is 1. The second-order valence-electron chi connectivity index (χ2n) is 3.18. The highest BCUT2D eigenvalue weighted by molar-refractivity contribution is 6.28. The van der Waals surface area contributed by atoms with Gasteiger partial charge < -0.3 is 0 Å². The minimum atomic E-state index is -0.681. The number of Topliss-reactive ketones (excluding diaryl/α,β-unsaturated/α-hetero) is 1. The van der Waals surface area contributed by atoms with Gasteiger partial charge in [-0.05, 0) is 22.9 Å². The molecular formula is C10H8ClN2O3+. The predicted molar refractivity (Wildman–Crippen MR) is 55.9 cm³/mol. The van der Waals surface area contributed by atoms with Gasteiger partial charge in [0, 0.05) is 17.7 Å². The van der Waals surface area contributed by atoms with Crippen LogP contribution >= 0.6 is 11.6 Å². The third-order valence-corrected chi connectivity index (χ3v) is 2.44. The van der Waals surface area contributed by atoms with Crippen LogP contribution in [-0.2, 0) is 0 Å². The molecule has 1 heterocycles. The minimum Gasteiger partial charge on any atom is -0.294 e.